The number of likely N-dealkylation sites (tertiary alicyclic amines) is 2. The highest BCUT2D eigenvalue weighted by Gasteiger charge is 2.78. The number of H-pyrrole nitrogens is 1. The maximum atomic E-state index is 14.5. The van der Waals surface area contributed by atoms with Crippen LogP contribution in [0.3, 0.4) is 0 Å². The Morgan fingerprint density at radius 3 is 2.61 bits per heavy atom. The Morgan fingerprint density at radius 1 is 1.02 bits per heavy atom. The second kappa shape index (κ2) is 14.3. The molecule has 12 nitrogen and oxygen atoms in total. The lowest BCUT2D eigenvalue weighted by atomic mass is 9.86. The van der Waals surface area contributed by atoms with Gasteiger partial charge in [0.1, 0.15) is 6.04 Å². The summed E-state index contributed by atoms with van der Waals surface area (Å²) in [6.07, 6.45) is 9.59. The van der Waals surface area contributed by atoms with Crippen LogP contribution in [0.5, 0.6) is 0 Å². The zero-order chi connectivity index (χ0) is 39.6. The van der Waals surface area contributed by atoms with Crippen LogP contribution in [0.1, 0.15) is 100 Å². The second-order valence-corrected chi connectivity index (χ2v) is 16.9. The fourth-order valence-electron chi connectivity index (χ4n) is 9.92. The molecule has 5 heterocycles. The largest absolute Gasteiger partial charge is 0.322 e. The zero-order valence-electron chi connectivity index (χ0n) is 32.3. The molecule has 2 saturated heterocycles. The fraction of sp³-hybridized carbons (Fsp3) is 0.488. The highest BCUT2D eigenvalue weighted by molar-refractivity contribution is 6.05. The molecule has 2 aromatic heterocycles. The summed E-state index contributed by atoms with van der Waals surface area (Å²) in [6.45, 7) is 4.89. The molecule has 4 aromatic rings. The minimum atomic E-state index is -2.73. The molecule has 1 saturated carbocycles. The minimum Gasteiger partial charge on any atom is -0.322 e. The minimum absolute atomic E-state index is 0.0175. The van der Waals surface area contributed by atoms with Crippen LogP contribution in [0.2, 0.25) is 0 Å². The van der Waals surface area contributed by atoms with Crippen molar-refractivity contribution in [3.05, 3.63) is 100 Å². The summed E-state index contributed by atoms with van der Waals surface area (Å²) in [4.78, 5) is 56.7. The van der Waals surface area contributed by atoms with Crippen molar-refractivity contribution in [3.8, 4) is 0 Å². The predicted molar refractivity (Wildman–Crippen MR) is 207 cm³/mol. The molecule has 5 aliphatic rings. The summed E-state index contributed by atoms with van der Waals surface area (Å²) in [7, 11) is 1.49. The van der Waals surface area contributed by atoms with Gasteiger partial charge in [-0.25, -0.2) is 8.78 Å². The van der Waals surface area contributed by atoms with Gasteiger partial charge in [0.25, 0.3) is 23.6 Å². The molecule has 3 aliphatic heterocycles. The number of likely N-dealkylation sites (N-methyl/N-ethyl adjacent to an activating group) is 1. The normalized spacial score (nSPS) is 24.5. The summed E-state index contributed by atoms with van der Waals surface area (Å²) in [5, 5.41) is 14.7. The highest BCUT2D eigenvalue weighted by Crippen LogP contribution is 2.70. The first kappa shape index (κ1) is 37.3. The quantitative estimate of drug-likeness (QED) is 0.132. The van der Waals surface area contributed by atoms with Crippen LogP contribution in [0, 0.1) is 17.3 Å². The number of aromatic nitrogens is 4. The number of alkyl halides is 2. The van der Waals surface area contributed by atoms with Gasteiger partial charge < -0.3 is 15.1 Å². The smallest absolute Gasteiger partial charge is 0.276 e. The summed E-state index contributed by atoms with van der Waals surface area (Å²) in [5.41, 5.74) is 4.83. The van der Waals surface area contributed by atoms with E-state index in [1.54, 1.807) is 18.0 Å². The standard InChI is InChI=1S/C43H48F2N8O4/c1-42-20-33-31(19-35(42)43(42,44)45)37(49-48-33)39(55)47-29-21-46-53(24-29)38(27-12-7-5-8-13-27)28-22-51(23-28)18-9-4-3-6-11-26-14-10-15-30-32(26)25-52(40(30)56)34-16-17-36(54)50(2)41(34)57/h5,7-8,10,12-15,21,24,28,34-35,38H,3-4,6,9,11,16-20,22-23,25H2,1-2H3,(H,47,55)(H,48,49)/t34?,35?,38-,42-/m1/s1. The third-order valence-corrected chi connectivity index (χ3v) is 13.5. The molecular weight excluding hydrogens is 731 g/mol. The molecule has 3 fully saturated rings. The third-order valence-electron chi connectivity index (χ3n) is 13.5. The number of aryl methyl sites for hydroxylation is 1. The molecule has 298 valence electrons. The number of imide groups is 1. The zero-order valence-corrected chi connectivity index (χ0v) is 32.3. The number of carbonyl (C=O) groups excluding carboxylic acids is 4. The fourth-order valence-corrected chi connectivity index (χ4v) is 9.92. The van der Waals surface area contributed by atoms with Crippen molar-refractivity contribution in [1.82, 2.24) is 34.7 Å². The number of halogens is 2. The number of fused-ring (bicyclic) bond motifs is 3. The van der Waals surface area contributed by atoms with E-state index >= 15 is 0 Å². The van der Waals surface area contributed by atoms with Crippen molar-refractivity contribution in [2.75, 3.05) is 32.0 Å². The molecule has 4 amide bonds. The first-order chi connectivity index (χ1) is 27.4. The summed E-state index contributed by atoms with van der Waals surface area (Å²) >= 11 is 0. The SMILES string of the molecule is CN1C(=O)CCC(N2Cc3c(CCCCCCN4CC([C@@H](c5ccccc5)n5cc(NC(=O)c6n[nH]c7c6CC6C(F)(F)[C@]6(C)C7)cn5)C4)cccc3C2=O)C1=O. The van der Waals surface area contributed by atoms with Gasteiger partial charge in [-0.15, -0.1) is 0 Å². The van der Waals surface area contributed by atoms with Crippen molar-refractivity contribution in [1.29, 1.82) is 0 Å². The second-order valence-electron chi connectivity index (χ2n) is 16.9. The van der Waals surface area contributed by atoms with E-state index in [2.05, 4.69) is 43.7 Å². The lowest BCUT2D eigenvalue weighted by Crippen LogP contribution is -2.53. The number of hydrogen-bond acceptors (Lipinski definition) is 7. The Bertz CT molecular complexity index is 2230. The number of rotatable bonds is 13. The Hall–Kier alpha value is -5.24. The number of aromatic amines is 1. The van der Waals surface area contributed by atoms with E-state index in [1.807, 2.05) is 41.2 Å². The van der Waals surface area contributed by atoms with Crippen LogP contribution < -0.4 is 5.32 Å². The lowest BCUT2D eigenvalue weighted by molar-refractivity contribution is -0.150. The number of carbonyl (C=O) groups is 4. The molecule has 9 rings (SSSR count). The highest BCUT2D eigenvalue weighted by atomic mass is 19.3. The molecular formula is C43H48F2N8O4. The van der Waals surface area contributed by atoms with E-state index in [4.69, 9.17) is 0 Å². The van der Waals surface area contributed by atoms with Crippen LogP contribution in [0.4, 0.5) is 14.5 Å². The molecule has 0 bridgehead atoms. The third kappa shape index (κ3) is 6.45. The van der Waals surface area contributed by atoms with Gasteiger partial charge in [-0.2, -0.15) is 10.2 Å². The number of piperidine rings is 1. The van der Waals surface area contributed by atoms with E-state index < -0.39 is 29.2 Å². The Balaban J connectivity index is 0.753. The van der Waals surface area contributed by atoms with Gasteiger partial charge in [0, 0.05) is 79.8 Å². The molecule has 2 N–H and O–H groups in total. The van der Waals surface area contributed by atoms with Gasteiger partial charge in [0.05, 0.1) is 17.9 Å². The maximum absolute atomic E-state index is 14.5. The average molecular weight is 779 g/mol. The first-order valence-corrected chi connectivity index (χ1v) is 20.2. The number of amides is 4. The van der Waals surface area contributed by atoms with Crippen molar-refractivity contribution < 1.29 is 28.0 Å². The molecule has 14 heteroatoms. The first-order valence-electron chi connectivity index (χ1n) is 20.2. The van der Waals surface area contributed by atoms with Gasteiger partial charge in [-0.3, -0.25) is 33.9 Å². The van der Waals surface area contributed by atoms with Crippen LogP contribution in [0.25, 0.3) is 0 Å². The van der Waals surface area contributed by atoms with Crippen molar-refractivity contribution in [3.63, 3.8) is 0 Å². The summed E-state index contributed by atoms with van der Waals surface area (Å²) < 4.78 is 30.8. The monoisotopic (exact) mass is 778 g/mol. The molecule has 2 aliphatic carbocycles. The number of anilines is 1. The Kier molecular flexibility index (Phi) is 9.37. The Morgan fingerprint density at radius 2 is 1.81 bits per heavy atom. The number of benzene rings is 2. The lowest BCUT2D eigenvalue weighted by Gasteiger charge is -2.43. The number of nitrogens with zero attached hydrogens (tertiary/aromatic N) is 6. The average Bonchev–Trinajstić information content (AvgIpc) is 3.74. The van der Waals surface area contributed by atoms with Crippen molar-refractivity contribution in [2.24, 2.45) is 17.3 Å². The van der Waals surface area contributed by atoms with Crippen LogP contribution >= 0.6 is 0 Å². The molecule has 4 atom stereocenters. The molecule has 0 radical (unpaired) electrons. The number of nitrogens with one attached hydrogen (secondary N) is 2. The van der Waals surface area contributed by atoms with Crippen LogP contribution in [-0.4, -0.2) is 97.0 Å². The topological polar surface area (TPSA) is 137 Å². The molecule has 0 spiro atoms. The molecule has 57 heavy (non-hydrogen) atoms. The van der Waals surface area contributed by atoms with E-state index in [1.165, 1.54) is 7.05 Å². The van der Waals surface area contributed by atoms with E-state index in [0.717, 1.165) is 73.3 Å². The van der Waals surface area contributed by atoms with E-state index in [0.29, 0.717) is 41.4 Å². The summed E-state index contributed by atoms with van der Waals surface area (Å²) in [6, 6.07) is 15.5. The maximum Gasteiger partial charge on any atom is 0.276 e. The van der Waals surface area contributed by atoms with Gasteiger partial charge in [0.2, 0.25) is 5.91 Å². The Labute approximate surface area is 330 Å². The molecule has 2 aromatic carbocycles. The molecule has 2 unspecified atom stereocenters. The van der Waals surface area contributed by atoms with Crippen molar-refractivity contribution in [2.45, 2.75) is 89.3 Å². The number of unbranched alkanes of at least 4 members (excludes halogenated alkanes) is 3. The summed E-state index contributed by atoms with van der Waals surface area (Å²) in [5.74, 6) is -4.21. The predicted octanol–water partition coefficient (Wildman–Crippen LogP) is 5.66. The van der Waals surface area contributed by atoms with Gasteiger partial charge >= 0.3 is 0 Å². The van der Waals surface area contributed by atoms with Crippen LogP contribution in [-0.2, 0) is 35.4 Å². The van der Waals surface area contributed by atoms with E-state index in [-0.39, 0.29) is 48.7 Å². The van der Waals surface area contributed by atoms with Crippen LogP contribution in [0.15, 0.2) is 60.9 Å². The number of hydrogen-bond donors (Lipinski definition) is 2. The van der Waals surface area contributed by atoms with Gasteiger partial charge in [-0.05, 0) is 61.4 Å². The van der Waals surface area contributed by atoms with Gasteiger partial charge in [-0.1, -0.05) is 62.2 Å². The van der Waals surface area contributed by atoms with Crippen molar-refractivity contribution >= 4 is 29.3 Å². The van der Waals surface area contributed by atoms with E-state index in [9.17, 15) is 28.0 Å². The van der Waals surface area contributed by atoms with Gasteiger partial charge in [0.15, 0.2) is 5.69 Å².